The molecule has 0 amide bonds. The van der Waals surface area contributed by atoms with Gasteiger partial charge >= 0.3 is 0 Å². The van der Waals surface area contributed by atoms with Crippen molar-refractivity contribution in [2.45, 2.75) is 19.8 Å². The quantitative estimate of drug-likeness (QED) is 0.757. The summed E-state index contributed by atoms with van der Waals surface area (Å²) in [6, 6.07) is 0. The molecule has 2 nitrogen and oxygen atoms in total. The Labute approximate surface area is 92.3 Å². The van der Waals surface area contributed by atoms with Gasteiger partial charge in [0, 0.05) is 18.6 Å². The lowest BCUT2D eigenvalue weighted by Crippen LogP contribution is -2.39. The fourth-order valence-corrected chi connectivity index (χ4v) is 2.10. The zero-order valence-corrected chi connectivity index (χ0v) is 9.76. The molecule has 0 saturated carbocycles. The number of hydrogen-bond donors (Lipinski definition) is 1. The summed E-state index contributed by atoms with van der Waals surface area (Å²) in [7, 11) is 0. The second kappa shape index (κ2) is 7.27. The standard InChI is InChI=1S/C11H21ClN2/c1-2-13-9-11-5-3-7-14(10-11)8-4-6-12/h4,6,11,13H,2-3,5,7-10H2,1H3. The van der Waals surface area contributed by atoms with Crippen molar-refractivity contribution in [2.75, 3.05) is 32.7 Å². The van der Waals surface area contributed by atoms with Gasteiger partial charge < -0.3 is 5.32 Å². The molecule has 0 aromatic rings. The molecule has 1 unspecified atom stereocenters. The molecule has 1 rings (SSSR count). The summed E-state index contributed by atoms with van der Waals surface area (Å²) in [5, 5.41) is 3.42. The summed E-state index contributed by atoms with van der Waals surface area (Å²) in [5.41, 5.74) is 1.62. The molecule has 1 fully saturated rings. The van der Waals surface area contributed by atoms with Crippen molar-refractivity contribution in [1.29, 1.82) is 0 Å². The van der Waals surface area contributed by atoms with E-state index in [4.69, 9.17) is 11.6 Å². The summed E-state index contributed by atoms with van der Waals surface area (Å²) in [5.74, 6) is 0.826. The van der Waals surface area contributed by atoms with E-state index in [1.54, 1.807) is 5.54 Å². The van der Waals surface area contributed by atoms with Crippen LogP contribution in [0.15, 0.2) is 11.6 Å². The highest BCUT2D eigenvalue weighted by atomic mass is 35.5. The van der Waals surface area contributed by atoms with Crippen LogP contribution >= 0.6 is 11.6 Å². The van der Waals surface area contributed by atoms with Crippen molar-refractivity contribution in [3.8, 4) is 0 Å². The maximum atomic E-state index is 5.52. The van der Waals surface area contributed by atoms with E-state index >= 15 is 0 Å². The molecule has 1 atom stereocenters. The Balaban J connectivity index is 2.21. The molecule has 0 aromatic carbocycles. The molecule has 0 aromatic heterocycles. The SMILES string of the molecule is CCNCC1CCCN(CC=CCl)C1. The van der Waals surface area contributed by atoms with Gasteiger partial charge in [0.2, 0.25) is 0 Å². The molecule has 0 radical (unpaired) electrons. The maximum Gasteiger partial charge on any atom is 0.0174 e. The van der Waals surface area contributed by atoms with Crippen LogP contribution in [0.2, 0.25) is 0 Å². The molecular weight excluding hydrogens is 196 g/mol. The molecule has 14 heavy (non-hydrogen) atoms. The first kappa shape index (κ1) is 12.0. The van der Waals surface area contributed by atoms with Gasteiger partial charge in [-0.25, -0.2) is 0 Å². The van der Waals surface area contributed by atoms with Crippen LogP contribution in [0, 0.1) is 5.92 Å². The zero-order valence-electron chi connectivity index (χ0n) is 9.01. The van der Waals surface area contributed by atoms with Crippen LogP contribution in [0.1, 0.15) is 19.8 Å². The molecule has 0 bridgehead atoms. The van der Waals surface area contributed by atoms with E-state index in [0.29, 0.717) is 0 Å². The second-order valence-corrected chi connectivity index (χ2v) is 4.19. The van der Waals surface area contributed by atoms with E-state index in [2.05, 4.69) is 17.1 Å². The van der Waals surface area contributed by atoms with E-state index in [1.807, 2.05) is 6.08 Å². The second-order valence-electron chi connectivity index (χ2n) is 3.94. The average Bonchev–Trinajstić information content (AvgIpc) is 2.24. The number of nitrogens with one attached hydrogen (secondary N) is 1. The van der Waals surface area contributed by atoms with E-state index in [1.165, 1.54) is 25.9 Å². The predicted octanol–water partition coefficient (Wildman–Crippen LogP) is 2.06. The lowest BCUT2D eigenvalue weighted by Gasteiger charge is -2.31. The van der Waals surface area contributed by atoms with Crippen LogP contribution in [0.5, 0.6) is 0 Å². The van der Waals surface area contributed by atoms with E-state index in [9.17, 15) is 0 Å². The summed E-state index contributed by atoms with van der Waals surface area (Å²) >= 11 is 5.52. The molecule has 0 aliphatic carbocycles. The minimum absolute atomic E-state index is 0.826. The highest BCUT2D eigenvalue weighted by Gasteiger charge is 2.17. The number of nitrogens with zero attached hydrogens (tertiary/aromatic N) is 1. The Bertz CT molecular complexity index is 171. The minimum Gasteiger partial charge on any atom is -0.317 e. The maximum absolute atomic E-state index is 5.52. The first-order chi connectivity index (χ1) is 6.86. The number of likely N-dealkylation sites (tertiary alicyclic amines) is 1. The van der Waals surface area contributed by atoms with Gasteiger partial charge in [-0.3, -0.25) is 4.90 Å². The Kier molecular flexibility index (Phi) is 6.24. The molecule has 1 heterocycles. The Morgan fingerprint density at radius 2 is 2.43 bits per heavy atom. The molecule has 1 aliphatic heterocycles. The van der Waals surface area contributed by atoms with Gasteiger partial charge in [-0.15, -0.1) is 0 Å². The van der Waals surface area contributed by atoms with Gasteiger partial charge in [-0.1, -0.05) is 24.6 Å². The largest absolute Gasteiger partial charge is 0.317 e. The fourth-order valence-electron chi connectivity index (χ4n) is 2.02. The van der Waals surface area contributed by atoms with Gasteiger partial charge in [0.25, 0.3) is 0 Å². The molecular formula is C11H21ClN2. The highest BCUT2D eigenvalue weighted by molar-refractivity contribution is 6.25. The molecule has 82 valence electrons. The molecule has 1 aliphatic rings. The summed E-state index contributed by atoms with van der Waals surface area (Å²) in [6.45, 7) is 7.86. The number of rotatable bonds is 5. The van der Waals surface area contributed by atoms with Crippen molar-refractivity contribution in [2.24, 2.45) is 5.92 Å². The lowest BCUT2D eigenvalue weighted by molar-refractivity contribution is 0.189. The summed E-state index contributed by atoms with van der Waals surface area (Å²) in [4.78, 5) is 2.48. The first-order valence-corrected chi connectivity index (χ1v) is 5.98. The fraction of sp³-hybridized carbons (Fsp3) is 0.818. The van der Waals surface area contributed by atoms with Gasteiger partial charge in [-0.2, -0.15) is 0 Å². The van der Waals surface area contributed by atoms with Crippen molar-refractivity contribution in [1.82, 2.24) is 10.2 Å². The van der Waals surface area contributed by atoms with E-state index < -0.39 is 0 Å². The first-order valence-electron chi connectivity index (χ1n) is 5.55. The van der Waals surface area contributed by atoms with Crippen LogP contribution in [-0.2, 0) is 0 Å². The Hall–Kier alpha value is -0.0500. The monoisotopic (exact) mass is 216 g/mol. The van der Waals surface area contributed by atoms with Gasteiger partial charge in [-0.05, 0) is 38.4 Å². The lowest BCUT2D eigenvalue weighted by atomic mass is 9.98. The van der Waals surface area contributed by atoms with Crippen LogP contribution in [0.4, 0.5) is 0 Å². The third-order valence-corrected chi connectivity index (χ3v) is 2.92. The van der Waals surface area contributed by atoms with Crippen LogP contribution in [0.3, 0.4) is 0 Å². The van der Waals surface area contributed by atoms with Crippen molar-refractivity contribution < 1.29 is 0 Å². The van der Waals surface area contributed by atoms with E-state index in [-0.39, 0.29) is 0 Å². The van der Waals surface area contributed by atoms with Crippen LogP contribution in [0.25, 0.3) is 0 Å². The van der Waals surface area contributed by atoms with Gasteiger partial charge in [0.1, 0.15) is 0 Å². The third-order valence-electron chi connectivity index (χ3n) is 2.74. The molecule has 1 N–H and O–H groups in total. The summed E-state index contributed by atoms with van der Waals surface area (Å²) in [6.07, 6.45) is 4.72. The highest BCUT2D eigenvalue weighted by Crippen LogP contribution is 2.15. The molecule has 0 spiro atoms. The van der Waals surface area contributed by atoms with Crippen molar-refractivity contribution in [3.05, 3.63) is 11.6 Å². The predicted molar refractivity (Wildman–Crippen MR) is 62.7 cm³/mol. The van der Waals surface area contributed by atoms with E-state index in [0.717, 1.165) is 25.6 Å². The minimum atomic E-state index is 0.826. The Morgan fingerprint density at radius 1 is 1.57 bits per heavy atom. The topological polar surface area (TPSA) is 15.3 Å². The number of halogens is 1. The van der Waals surface area contributed by atoms with Crippen molar-refractivity contribution in [3.63, 3.8) is 0 Å². The molecule has 3 heteroatoms. The summed E-state index contributed by atoms with van der Waals surface area (Å²) < 4.78 is 0. The van der Waals surface area contributed by atoms with Crippen LogP contribution < -0.4 is 5.32 Å². The van der Waals surface area contributed by atoms with Crippen LogP contribution in [-0.4, -0.2) is 37.6 Å². The zero-order chi connectivity index (χ0) is 10.2. The number of hydrogen-bond acceptors (Lipinski definition) is 2. The number of piperidine rings is 1. The Morgan fingerprint density at radius 3 is 3.14 bits per heavy atom. The average molecular weight is 217 g/mol. The normalized spacial score (nSPS) is 24.6. The molecule has 1 saturated heterocycles. The third kappa shape index (κ3) is 4.45. The smallest absolute Gasteiger partial charge is 0.0174 e. The van der Waals surface area contributed by atoms with Gasteiger partial charge in [0.05, 0.1) is 0 Å². The van der Waals surface area contributed by atoms with Gasteiger partial charge in [0.15, 0.2) is 0 Å². The van der Waals surface area contributed by atoms with Crippen molar-refractivity contribution >= 4 is 11.6 Å².